The highest BCUT2D eigenvalue weighted by Crippen LogP contribution is 2.27. The minimum Gasteiger partial charge on any atom is -0.394 e. The summed E-state index contributed by atoms with van der Waals surface area (Å²) >= 11 is 2.14. The number of aliphatic hydroxyl groups excluding tert-OH is 2. The third-order valence-corrected chi connectivity index (χ3v) is 3.64. The highest BCUT2D eigenvalue weighted by Gasteiger charge is 2.35. The SMILES string of the molecule is O=c1[nH]c(=O)n([C@H]2C[C@H](O)[C@@H](CO)O2)cc1CCI. The van der Waals surface area contributed by atoms with Crippen molar-refractivity contribution in [3.63, 3.8) is 0 Å². The van der Waals surface area contributed by atoms with Crippen LogP contribution in [0.25, 0.3) is 0 Å². The van der Waals surface area contributed by atoms with Gasteiger partial charge in [0.1, 0.15) is 12.3 Å². The van der Waals surface area contributed by atoms with E-state index in [9.17, 15) is 14.7 Å². The number of ether oxygens (including phenoxy) is 1. The first kappa shape index (κ1) is 14.7. The topological polar surface area (TPSA) is 105 Å². The Morgan fingerprint density at radius 1 is 1.53 bits per heavy atom. The molecule has 7 nitrogen and oxygen atoms in total. The Morgan fingerprint density at radius 2 is 2.26 bits per heavy atom. The molecule has 0 aromatic carbocycles. The molecule has 19 heavy (non-hydrogen) atoms. The van der Waals surface area contributed by atoms with Crippen molar-refractivity contribution >= 4 is 22.6 Å². The number of H-pyrrole nitrogens is 1. The molecule has 2 heterocycles. The monoisotopic (exact) mass is 382 g/mol. The van der Waals surface area contributed by atoms with E-state index >= 15 is 0 Å². The minimum absolute atomic E-state index is 0.209. The van der Waals surface area contributed by atoms with Crippen LogP contribution in [-0.4, -0.2) is 43.0 Å². The van der Waals surface area contributed by atoms with E-state index in [1.54, 1.807) is 0 Å². The van der Waals surface area contributed by atoms with Gasteiger partial charge in [-0.3, -0.25) is 14.3 Å². The molecule has 8 heteroatoms. The van der Waals surface area contributed by atoms with Gasteiger partial charge in [-0.15, -0.1) is 0 Å². The molecule has 1 aliphatic rings. The van der Waals surface area contributed by atoms with E-state index in [2.05, 4.69) is 27.6 Å². The van der Waals surface area contributed by atoms with E-state index < -0.39 is 29.7 Å². The Hall–Kier alpha value is -0.710. The zero-order valence-electron chi connectivity index (χ0n) is 10.1. The molecule has 0 bridgehead atoms. The molecular formula is C11H15IN2O5. The molecule has 1 aromatic heterocycles. The number of nitrogens with zero attached hydrogens (tertiary/aromatic N) is 1. The van der Waals surface area contributed by atoms with Crippen LogP contribution in [0.1, 0.15) is 18.2 Å². The standard InChI is InChI=1S/C11H15IN2O5/c12-2-1-6-4-14(11(18)13-10(6)17)9-3-7(16)8(5-15)19-9/h4,7-9,15-16H,1-3,5H2,(H,13,17,18)/t7-,8+,9+/m0/s1. The van der Waals surface area contributed by atoms with Gasteiger partial charge in [0.2, 0.25) is 0 Å². The van der Waals surface area contributed by atoms with Crippen LogP contribution in [0, 0.1) is 0 Å². The fraction of sp³-hybridized carbons (Fsp3) is 0.636. The zero-order chi connectivity index (χ0) is 14.0. The maximum atomic E-state index is 11.8. The summed E-state index contributed by atoms with van der Waals surface area (Å²) in [5.41, 5.74) is -0.465. The van der Waals surface area contributed by atoms with Gasteiger partial charge in [0, 0.05) is 22.6 Å². The van der Waals surface area contributed by atoms with E-state index in [1.165, 1.54) is 10.8 Å². The van der Waals surface area contributed by atoms with Crippen molar-refractivity contribution in [2.75, 3.05) is 11.0 Å². The summed E-state index contributed by atoms with van der Waals surface area (Å²) in [4.78, 5) is 25.6. The summed E-state index contributed by atoms with van der Waals surface area (Å²) in [5.74, 6) is 0. The molecule has 1 saturated heterocycles. The third-order valence-electron chi connectivity index (χ3n) is 3.10. The van der Waals surface area contributed by atoms with Gasteiger partial charge in [-0.1, -0.05) is 22.6 Å². The average Bonchev–Trinajstić information content (AvgIpc) is 2.74. The first-order chi connectivity index (χ1) is 9.06. The lowest BCUT2D eigenvalue weighted by molar-refractivity contribution is -0.0459. The number of aromatic nitrogens is 2. The number of aromatic amines is 1. The van der Waals surface area contributed by atoms with Gasteiger partial charge in [0.15, 0.2) is 0 Å². The smallest absolute Gasteiger partial charge is 0.330 e. The quantitative estimate of drug-likeness (QED) is 0.465. The molecule has 0 aliphatic carbocycles. The zero-order valence-corrected chi connectivity index (χ0v) is 12.2. The second kappa shape index (κ2) is 6.16. The summed E-state index contributed by atoms with van der Waals surface area (Å²) in [6, 6.07) is 0. The molecule has 1 fully saturated rings. The summed E-state index contributed by atoms with van der Waals surface area (Å²) in [6.07, 6.45) is 0.0512. The number of alkyl halides is 1. The van der Waals surface area contributed by atoms with Crippen LogP contribution >= 0.6 is 22.6 Å². The minimum atomic E-state index is -0.818. The van der Waals surface area contributed by atoms with Gasteiger partial charge in [0.05, 0.1) is 12.7 Å². The van der Waals surface area contributed by atoms with Gasteiger partial charge >= 0.3 is 5.69 Å². The van der Waals surface area contributed by atoms with Crippen molar-refractivity contribution in [1.29, 1.82) is 0 Å². The molecule has 0 saturated carbocycles. The Kier molecular flexibility index (Phi) is 4.76. The molecule has 3 N–H and O–H groups in total. The highest BCUT2D eigenvalue weighted by atomic mass is 127. The molecular weight excluding hydrogens is 367 g/mol. The lowest BCUT2D eigenvalue weighted by atomic mass is 10.2. The molecule has 0 unspecified atom stereocenters. The molecule has 0 spiro atoms. The highest BCUT2D eigenvalue weighted by molar-refractivity contribution is 14.1. The number of hydrogen-bond acceptors (Lipinski definition) is 5. The van der Waals surface area contributed by atoms with Crippen molar-refractivity contribution < 1.29 is 14.9 Å². The van der Waals surface area contributed by atoms with Crippen molar-refractivity contribution in [2.45, 2.75) is 31.3 Å². The molecule has 1 aliphatic heterocycles. The Labute approximate surface area is 122 Å². The van der Waals surface area contributed by atoms with Crippen molar-refractivity contribution in [1.82, 2.24) is 9.55 Å². The summed E-state index contributed by atoms with van der Waals surface area (Å²) in [5, 5.41) is 18.7. The number of halogens is 1. The van der Waals surface area contributed by atoms with Crippen molar-refractivity contribution in [3.8, 4) is 0 Å². The number of aryl methyl sites for hydroxylation is 1. The van der Waals surface area contributed by atoms with E-state index in [0.29, 0.717) is 12.0 Å². The second-order valence-corrected chi connectivity index (χ2v) is 5.45. The van der Waals surface area contributed by atoms with Crippen LogP contribution < -0.4 is 11.2 Å². The van der Waals surface area contributed by atoms with Gasteiger partial charge < -0.3 is 14.9 Å². The van der Waals surface area contributed by atoms with E-state index in [-0.39, 0.29) is 13.0 Å². The largest absolute Gasteiger partial charge is 0.394 e. The van der Waals surface area contributed by atoms with Crippen molar-refractivity contribution in [2.24, 2.45) is 0 Å². The number of aliphatic hydroxyl groups is 2. The predicted molar refractivity (Wildman–Crippen MR) is 75.5 cm³/mol. The lowest BCUT2D eigenvalue weighted by Gasteiger charge is -2.15. The first-order valence-corrected chi connectivity index (χ1v) is 7.44. The van der Waals surface area contributed by atoms with Crippen LogP contribution in [0.5, 0.6) is 0 Å². The molecule has 0 amide bonds. The van der Waals surface area contributed by atoms with Gasteiger partial charge in [-0.25, -0.2) is 4.79 Å². The number of rotatable bonds is 4. The Bertz CT molecular complexity index is 555. The number of nitrogens with one attached hydrogen (secondary N) is 1. The fourth-order valence-corrected chi connectivity index (χ4v) is 2.65. The maximum Gasteiger partial charge on any atom is 0.330 e. The maximum absolute atomic E-state index is 11.8. The van der Waals surface area contributed by atoms with E-state index in [4.69, 9.17) is 9.84 Å². The average molecular weight is 382 g/mol. The molecule has 3 atom stereocenters. The van der Waals surface area contributed by atoms with Crippen LogP contribution in [0.2, 0.25) is 0 Å². The third kappa shape index (κ3) is 3.07. The number of hydrogen-bond donors (Lipinski definition) is 3. The summed E-state index contributed by atoms with van der Waals surface area (Å²) in [6.45, 7) is -0.309. The Balaban J connectivity index is 2.33. The van der Waals surface area contributed by atoms with E-state index in [1.807, 2.05) is 0 Å². The van der Waals surface area contributed by atoms with Crippen LogP contribution in [0.15, 0.2) is 15.8 Å². The molecule has 2 rings (SSSR count). The van der Waals surface area contributed by atoms with Gasteiger partial charge in [-0.2, -0.15) is 0 Å². The lowest BCUT2D eigenvalue weighted by Crippen LogP contribution is -2.34. The van der Waals surface area contributed by atoms with Gasteiger partial charge in [0.25, 0.3) is 5.56 Å². The Morgan fingerprint density at radius 3 is 2.84 bits per heavy atom. The first-order valence-electron chi connectivity index (χ1n) is 5.91. The summed E-state index contributed by atoms with van der Waals surface area (Å²) < 4.78 is 7.42. The van der Waals surface area contributed by atoms with Crippen LogP contribution in [0.3, 0.4) is 0 Å². The molecule has 106 valence electrons. The molecule has 1 aromatic rings. The fourth-order valence-electron chi connectivity index (χ4n) is 2.07. The van der Waals surface area contributed by atoms with Crippen LogP contribution in [-0.2, 0) is 11.2 Å². The van der Waals surface area contributed by atoms with Crippen LogP contribution in [0.4, 0.5) is 0 Å². The van der Waals surface area contributed by atoms with Crippen molar-refractivity contribution in [3.05, 3.63) is 32.6 Å². The molecule has 0 radical (unpaired) electrons. The van der Waals surface area contributed by atoms with Gasteiger partial charge in [-0.05, 0) is 6.42 Å². The summed E-state index contributed by atoms with van der Waals surface area (Å²) in [7, 11) is 0. The predicted octanol–water partition coefficient (Wildman–Crippen LogP) is -0.845. The normalized spacial score (nSPS) is 26.8. The van der Waals surface area contributed by atoms with E-state index in [0.717, 1.165) is 4.43 Å². The second-order valence-electron chi connectivity index (χ2n) is 4.37.